The first-order valence-corrected chi connectivity index (χ1v) is 21.2. The first-order valence-electron chi connectivity index (χ1n) is 21.2. The molecule has 6 N–H and O–H groups in total. The number of aliphatic hydroxyl groups is 5. The Balaban J connectivity index is 3.88. The molecule has 0 rings (SSSR count). The molecule has 7 nitrogen and oxygen atoms in total. The molecular formula is C42H83NO6. The summed E-state index contributed by atoms with van der Waals surface area (Å²) < 4.78 is 0. The molecule has 0 aliphatic rings. The highest BCUT2D eigenvalue weighted by Gasteiger charge is 2.31. The van der Waals surface area contributed by atoms with Gasteiger partial charge in [0.25, 0.3) is 5.91 Å². The third-order valence-electron chi connectivity index (χ3n) is 10.1. The Morgan fingerprint density at radius 3 is 1.20 bits per heavy atom. The Morgan fingerprint density at radius 2 is 0.816 bits per heavy atom. The molecule has 0 aromatic rings. The van der Waals surface area contributed by atoms with Crippen molar-refractivity contribution in [3.63, 3.8) is 0 Å². The van der Waals surface area contributed by atoms with E-state index in [1.165, 1.54) is 135 Å². The van der Waals surface area contributed by atoms with Crippen molar-refractivity contribution in [3.8, 4) is 0 Å². The van der Waals surface area contributed by atoms with Gasteiger partial charge in [0.15, 0.2) is 6.10 Å². The van der Waals surface area contributed by atoms with Crippen molar-refractivity contribution >= 4 is 5.91 Å². The van der Waals surface area contributed by atoms with Gasteiger partial charge in [-0.05, 0) is 38.5 Å². The molecular weight excluding hydrogens is 614 g/mol. The number of carbonyl (C=O) groups excluding carboxylic acids is 1. The number of amides is 1. The fourth-order valence-electron chi connectivity index (χ4n) is 6.60. The van der Waals surface area contributed by atoms with Crippen LogP contribution in [0, 0.1) is 0 Å². The van der Waals surface area contributed by atoms with E-state index in [9.17, 15) is 30.3 Å². The van der Waals surface area contributed by atoms with Gasteiger partial charge in [-0.3, -0.25) is 4.79 Å². The summed E-state index contributed by atoms with van der Waals surface area (Å²) in [6.07, 6.45) is 35.5. The minimum absolute atomic E-state index is 0.316. The summed E-state index contributed by atoms with van der Waals surface area (Å²) in [5.74, 6) is -0.840. The average Bonchev–Trinajstić information content (AvgIpc) is 3.11. The molecule has 1 amide bonds. The number of hydrogen-bond donors (Lipinski definition) is 6. The number of carbonyl (C=O) groups is 1. The van der Waals surface area contributed by atoms with E-state index in [0.29, 0.717) is 12.8 Å². The number of hydrogen-bond acceptors (Lipinski definition) is 6. The van der Waals surface area contributed by atoms with E-state index in [4.69, 9.17) is 0 Å². The topological polar surface area (TPSA) is 130 Å². The predicted molar refractivity (Wildman–Crippen MR) is 207 cm³/mol. The zero-order chi connectivity index (χ0) is 36.2. The molecule has 292 valence electrons. The highest BCUT2D eigenvalue weighted by atomic mass is 16.3. The van der Waals surface area contributed by atoms with Gasteiger partial charge in [-0.2, -0.15) is 0 Å². The Hall–Kier alpha value is -0.990. The number of rotatable bonds is 38. The smallest absolute Gasteiger partial charge is 0.251 e. The van der Waals surface area contributed by atoms with Crippen LogP contribution in [-0.4, -0.2) is 68.5 Å². The normalized spacial score (nSPS) is 15.0. The Morgan fingerprint density at radius 1 is 0.490 bits per heavy atom. The van der Waals surface area contributed by atoms with Crippen LogP contribution in [0.25, 0.3) is 0 Å². The van der Waals surface area contributed by atoms with Gasteiger partial charge in [-0.1, -0.05) is 187 Å². The van der Waals surface area contributed by atoms with Crippen LogP contribution in [0.5, 0.6) is 0 Å². The van der Waals surface area contributed by atoms with Crippen LogP contribution in [0.1, 0.15) is 213 Å². The second-order valence-corrected chi connectivity index (χ2v) is 14.8. The van der Waals surface area contributed by atoms with E-state index < -0.39 is 43.0 Å². The molecule has 0 aromatic heterocycles. The van der Waals surface area contributed by atoms with Gasteiger partial charge in [0.2, 0.25) is 0 Å². The summed E-state index contributed by atoms with van der Waals surface area (Å²) in [7, 11) is 0. The van der Waals surface area contributed by atoms with E-state index >= 15 is 0 Å². The van der Waals surface area contributed by atoms with Crippen LogP contribution in [0.15, 0.2) is 12.2 Å². The predicted octanol–water partition coefficient (Wildman–Crippen LogP) is 9.60. The SMILES string of the molecule is CCCCCCCCCC=CCCCCCC(O)C(O)C(CO)NC(=O)C(O)C(O)CCCCCCCCCCCCCCCCCCC. The summed E-state index contributed by atoms with van der Waals surface area (Å²) >= 11 is 0. The summed E-state index contributed by atoms with van der Waals surface area (Å²) in [6, 6.07) is -1.11. The third kappa shape index (κ3) is 30.4. The fourth-order valence-corrected chi connectivity index (χ4v) is 6.60. The molecule has 0 aliphatic heterocycles. The summed E-state index contributed by atoms with van der Waals surface area (Å²) in [6.45, 7) is 3.94. The lowest BCUT2D eigenvalue weighted by atomic mass is 9.99. The van der Waals surface area contributed by atoms with Crippen LogP contribution in [-0.2, 0) is 4.79 Å². The Bertz CT molecular complexity index is 719. The van der Waals surface area contributed by atoms with Crippen LogP contribution in [0.3, 0.4) is 0 Å². The molecule has 0 heterocycles. The lowest BCUT2D eigenvalue weighted by Crippen LogP contribution is -2.54. The maximum Gasteiger partial charge on any atom is 0.251 e. The lowest BCUT2D eigenvalue weighted by Gasteiger charge is -2.28. The molecule has 0 aromatic carbocycles. The van der Waals surface area contributed by atoms with Crippen molar-refractivity contribution in [1.29, 1.82) is 0 Å². The summed E-state index contributed by atoms with van der Waals surface area (Å²) in [4.78, 5) is 12.5. The van der Waals surface area contributed by atoms with E-state index in [1.54, 1.807) is 0 Å². The van der Waals surface area contributed by atoms with Crippen LogP contribution in [0.2, 0.25) is 0 Å². The van der Waals surface area contributed by atoms with Gasteiger partial charge in [-0.15, -0.1) is 0 Å². The number of unbranched alkanes of at least 4 members (excludes halogenated alkanes) is 26. The maximum absolute atomic E-state index is 12.5. The zero-order valence-corrected chi connectivity index (χ0v) is 32.3. The molecule has 49 heavy (non-hydrogen) atoms. The van der Waals surface area contributed by atoms with Crippen LogP contribution in [0.4, 0.5) is 0 Å². The molecule has 0 aliphatic carbocycles. The maximum atomic E-state index is 12.5. The van der Waals surface area contributed by atoms with E-state index in [1.807, 2.05) is 0 Å². The summed E-state index contributed by atoms with van der Waals surface area (Å²) in [5.41, 5.74) is 0. The third-order valence-corrected chi connectivity index (χ3v) is 10.1. The molecule has 5 atom stereocenters. The highest BCUT2D eigenvalue weighted by molar-refractivity contribution is 5.81. The first-order chi connectivity index (χ1) is 23.9. The van der Waals surface area contributed by atoms with Gasteiger partial charge < -0.3 is 30.8 Å². The number of aliphatic hydroxyl groups excluding tert-OH is 5. The monoisotopic (exact) mass is 698 g/mol. The van der Waals surface area contributed by atoms with E-state index in [2.05, 4.69) is 31.3 Å². The molecule has 0 fully saturated rings. The molecule has 0 bridgehead atoms. The van der Waals surface area contributed by atoms with Gasteiger partial charge in [0.05, 0.1) is 24.9 Å². The number of nitrogens with one attached hydrogen (secondary N) is 1. The van der Waals surface area contributed by atoms with Gasteiger partial charge in [0, 0.05) is 0 Å². The molecule has 5 unspecified atom stereocenters. The fraction of sp³-hybridized carbons (Fsp3) is 0.929. The molecule has 0 saturated carbocycles. The lowest BCUT2D eigenvalue weighted by molar-refractivity contribution is -0.138. The Labute approximate surface area is 303 Å². The van der Waals surface area contributed by atoms with Crippen molar-refractivity contribution < 1.29 is 30.3 Å². The van der Waals surface area contributed by atoms with E-state index in [-0.39, 0.29) is 0 Å². The van der Waals surface area contributed by atoms with Crippen LogP contribution < -0.4 is 5.32 Å². The standard InChI is InChI=1S/C42H83NO6/c1-3-5-7-9-11-13-15-17-19-20-21-23-25-27-29-31-33-35-39(46)41(48)42(49)43-37(36-44)40(47)38(45)34-32-30-28-26-24-22-18-16-14-12-10-8-6-4-2/h22,24,37-41,44-48H,3-21,23,25-36H2,1-2H3,(H,43,49). The first kappa shape index (κ1) is 48.0. The van der Waals surface area contributed by atoms with Gasteiger partial charge in [-0.25, -0.2) is 0 Å². The zero-order valence-electron chi connectivity index (χ0n) is 32.3. The van der Waals surface area contributed by atoms with Crippen molar-refractivity contribution in [3.05, 3.63) is 12.2 Å². The molecule has 7 heteroatoms. The molecule has 0 saturated heterocycles. The van der Waals surface area contributed by atoms with Gasteiger partial charge >= 0.3 is 0 Å². The van der Waals surface area contributed by atoms with Crippen molar-refractivity contribution in [2.45, 2.75) is 243 Å². The molecule has 0 radical (unpaired) electrons. The average molecular weight is 698 g/mol. The minimum atomic E-state index is -1.64. The van der Waals surface area contributed by atoms with E-state index in [0.717, 1.165) is 51.4 Å². The second kappa shape index (κ2) is 36.8. The summed E-state index contributed by atoms with van der Waals surface area (Å²) in [5, 5.41) is 53.8. The van der Waals surface area contributed by atoms with Crippen molar-refractivity contribution in [2.75, 3.05) is 6.61 Å². The largest absolute Gasteiger partial charge is 0.394 e. The number of allylic oxidation sites excluding steroid dienone is 2. The van der Waals surface area contributed by atoms with Crippen molar-refractivity contribution in [1.82, 2.24) is 5.32 Å². The second-order valence-electron chi connectivity index (χ2n) is 14.8. The highest BCUT2D eigenvalue weighted by Crippen LogP contribution is 2.16. The Kier molecular flexibility index (Phi) is 36.0. The van der Waals surface area contributed by atoms with Crippen molar-refractivity contribution in [2.24, 2.45) is 0 Å². The van der Waals surface area contributed by atoms with Crippen LogP contribution >= 0.6 is 0 Å². The molecule has 0 spiro atoms. The van der Waals surface area contributed by atoms with Gasteiger partial charge in [0.1, 0.15) is 6.10 Å². The minimum Gasteiger partial charge on any atom is -0.394 e. The quantitative estimate of drug-likeness (QED) is 0.0282.